The number of hydrogen-bond acceptors (Lipinski definition) is 7. The second kappa shape index (κ2) is 6.97. The smallest absolute Gasteiger partial charge is 0.185 e. The Morgan fingerprint density at radius 3 is 3.15 bits per heavy atom. The lowest BCUT2D eigenvalue weighted by Gasteiger charge is -2.01. The van der Waals surface area contributed by atoms with E-state index >= 15 is 0 Å². The molecule has 0 bridgehead atoms. The summed E-state index contributed by atoms with van der Waals surface area (Å²) in [5.74, 6) is 0.381. The molecule has 2 aromatic heterocycles. The molecule has 7 heteroatoms. The Morgan fingerprint density at radius 2 is 2.40 bits per heavy atom. The largest absolute Gasteiger partial charge is 0.385 e. The van der Waals surface area contributed by atoms with Crippen molar-refractivity contribution in [2.24, 2.45) is 0 Å². The molecule has 2 rings (SSSR count). The molecule has 0 atom stereocenters. The Labute approximate surface area is 121 Å². The molecule has 3 N–H and O–H groups in total. The third kappa shape index (κ3) is 3.31. The molecule has 106 valence electrons. The van der Waals surface area contributed by atoms with E-state index in [0.717, 1.165) is 24.4 Å². The first-order valence-electron chi connectivity index (χ1n) is 6.16. The quantitative estimate of drug-likeness (QED) is 0.599. The van der Waals surface area contributed by atoms with Crippen molar-refractivity contribution in [2.45, 2.75) is 6.42 Å². The van der Waals surface area contributed by atoms with Crippen LogP contribution in [0, 0.1) is 0 Å². The number of rotatable bonds is 7. The second-order valence-electron chi connectivity index (χ2n) is 4.07. The fourth-order valence-electron chi connectivity index (χ4n) is 1.69. The third-order valence-corrected chi connectivity index (χ3v) is 3.67. The van der Waals surface area contributed by atoms with Crippen molar-refractivity contribution < 1.29 is 9.53 Å². The molecule has 0 unspecified atom stereocenters. The topological polar surface area (TPSA) is 90.1 Å². The van der Waals surface area contributed by atoms with E-state index in [0.29, 0.717) is 28.6 Å². The third-order valence-electron chi connectivity index (χ3n) is 2.64. The van der Waals surface area contributed by atoms with Crippen molar-refractivity contribution in [1.82, 2.24) is 9.97 Å². The van der Waals surface area contributed by atoms with Gasteiger partial charge < -0.3 is 15.8 Å². The second-order valence-corrected chi connectivity index (χ2v) is 5.06. The molecule has 0 fully saturated rings. The number of thiazole rings is 1. The average molecular weight is 292 g/mol. The summed E-state index contributed by atoms with van der Waals surface area (Å²) in [6.45, 7) is 1.44. The van der Waals surface area contributed by atoms with Crippen LogP contribution < -0.4 is 11.1 Å². The molecule has 0 aliphatic carbocycles. The van der Waals surface area contributed by atoms with Gasteiger partial charge in [-0.3, -0.25) is 9.78 Å². The number of nitrogen functional groups attached to an aromatic ring is 1. The van der Waals surface area contributed by atoms with E-state index in [1.165, 1.54) is 11.3 Å². The first-order valence-corrected chi connectivity index (χ1v) is 6.97. The summed E-state index contributed by atoms with van der Waals surface area (Å²) >= 11 is 1.39. The van der Waals surface area contributed by atoms with E-state index in [1.54, 1.807) is 25.4 Å². The van der Waals surface area contributed by atoms with Gasteiger partial charge in [0.2, 0.25) is 0 Å². The Kier molecular flexibility index (Phi) is 5.03. The molecule has 0 amide bonds. The number of nitrogens with one attached hydrogen (secondary N) is 1. The number of carbonyl (C=O) groups is 1. The van der Waals surface area contributed by atoms with Gasteiger partial charge in [0.15, 0.2) is 11.4 Å². The normalized spacial score (nSPS) is 10.4. The summed E-state index contributed by atoms with van der Waals surface area (Å²) in [6, 6.07) is 3.43. The number of aldehydes is 1. The van der Waals surface area contributed by atoms with Crippen molar-refractivity contribution in [3.05, 3.63) is 23.9 Å². The molecule has 0 saturated carbocycles. The van der Waals surface area contributed by atoms with E-state index in [1.807, 2.05) is 0 Å². The first-order chi connectivity index (χ1) is 9.76. The molecule has 6 nitrogen and oxygen atoms in total. The predicted octanol–water partition coefficient (Wildman–Crippen LogP) is 2.05. The lowest BCUT2D eigenvalue weighted by molar-refractivity contribution is 0.112. The maximum Gasteiger partial charge on any atom is 0.185 e. The average Bonchev–Trinajstić information content (AvgIpc) is 2.84. The van der Waals surface area contributed by atoms with Gasteiger partial charge in [0.1, 0.15) is 5.82 Å². The molecular formula is C13H16N4O2S. The standard InChI is InChI=1S/C13H16N4O2S/c1-19-7-3-6-16-13-17-12(14)11(20-13)10-9(8-18)4-2-5-15-10/h2,4-5,8H,3,6-7,14H2,1H3,(H,16,17). The summed E-state index contributed by atoms with van der Waals surface area (Å²) in [7, 11) is 1.67. The molecule has 0 saturated heterocycles. The van der Waals surface area contributed by atoms with Crippen molar-refractivity contribution >= 4 is 28.6 Å². The van der Waals surface area contributed by atoms with Crippen LogP contribution in [0.2, 0.25) is 0 Å². The Balaban J connectivity index is 2.16. The van der Waals surface area contributed by atoms with Gasteiger partial charge in [-0.25, -0.2) is 4.98 Å². The zero-order valence-electron chi connectivity index (χ0n) is 11.1. The maximum atomic E-state index is 11.0. The number of hydrogen-bond donors (Lipinski definition) is 2. The van der Waals surface area contributed by atoms with Gasteiger partial charge in [0.25, 0.3) is 0 Å². The van der Waals surface area contributed by atoms with Crippen LogP contribution in [0.4, 0.5) is 10.9 Å². The van der Waals surface area contributed by atoms with Crippen molar-refractivity contribution in [3.63, 3.8) is 0 Å². The van der Waals surface area contributed by atoms with E-state index in [9.17, 15) is 4.79 Å². The van der Waals surface area contributed by atoms with Crippen molar-refractivity contribution in [2.75, 3.05) is 31.3 Å². The molecule has 0 aromatic carbocycles. The van der Waals surface area contributed by atoms with E-state index in [-0.39, 0.29) is 0 Å². The SMILES string of the molecule is COCCCNc1nc(N)c(-c2ncccc2C=O)s1. The van der Waals surface area contributed by atoms with Gasteiger partial charge in [-0.05, 0) is 18.6 Å². The monoisotopic (exact) mass is 292 g/mol. The molecule has 20 heavy (non-hydrogen) atoms. The number of aromatic nitrogens is 2. The minimum atomic E-state index is 0.381. The van der Waals surface area contributed by atoms with Gasteiger partial charge in [-0.15, -0.1) is 0 Å². The number of methoxy groups -OCH3 is 1. The summed E-state index contributed by atoms with van der Waals surface area (Å²) < 4.78 is 4.98. The van der Waals surface area contributed by atoms with Crippen LogP contribution in [0.3, 0.4) is 0 Å². The highest BCUT2D eigenvalue weighted by Gasteiger charge is 2.14. The molecule has 2 heterocycles. The zero-order chi connectivity index (χ0) is 14.4. The molecule has 0 radical (unpaired) electrons. The van der Waals surface area contributed by atoms with Gasteiger partial charge in [-0.2, -0.15) is 0 Å². The molecule has 0 spiro atoms. The highest BCUT2D eigenvalue weighted by molar-refractivity contribution is 7.19. The summed E-state index contributed by atoms with van der Waals surface area (Å²) in [5, 5.41) is 3.90. The number of carbonyl (C=O) groups excluding carboxylic acids is 1. The molecule has 2 aromatic rings. The van der Waals surface area contributed by atoms with Gasteiger partial charge in [0.05, 0.1) is 10.6 Å². The summed E-state index contributed by atoms with van der Waals surface area (Å²) in [5.41, 5.74) is 6.99. The fourth-order valence-corrected chi connectivity index (χ4v) is 2.62. The Morgan fingerprint density at radius 1 is 1.55 bits per heavy atom. The van der Waals surface area contributed by atoms with Gasteiger partial charge in [-0.1, -0.05) is 11.3 Å². The first kappa shape index (κ1) is 14.4. The molecule has 0 aliphatic rings. The van der Waals surface area contributed by atoms with Crippen LogP contribution >= 0.6 is 11.3 Å². The highest BCUT2D eigenvalue weighted by Crippen LogP contribution is 2.34. The highest BCUT2D eigenvalue weighted by atomic mass is 32.1. The van der Waals surface area contributed by atoms with Gasteiger partial charge >= 0.3 is 0 Å². The minimum Gasteiger partial charge on any atom is -0.385 e. The lowest BCUT2D eigenvalue weighted by Crippen LogP contribution is -2.04. The number of anilines is 2. The fraction of sp³-hybridized carbons (Fsp3) is 0.308. The van der Waals surface area contributed by atoms with Crippen molar-refractivity contribution in [3.8, 4) is 10.6 Å². The lowest BCUT2D eigenvalue weighted by atomic mass is 10.2. The minimum absolute atomic E-state index is 0.381. The van der Waals surface area contributed by atoms with Crippen LogP contribution in [0.1, 0.15) is 16.8 Å². The summed E-state index contributed by atoms with van der Waals surface area (Å²) in [6.07, 6.45) is 3.29. The zero-order valence-corrected chi connectivity index (χ0v) is 11.9. The van der Waals surface area contributed by atoms with E-state index in [4.69, 9.17) is 10.5 Å². The predicted molar refractivity (Wildman–Crippen MR) is 80.1 cm³/mol. The van der Waals surface area contributed by atoms with Crippen molar-refractivity contribution in [1.29, 1.82) is 0 Å². The number of nitrogens with zero attached hydrogens (tertiary/aromatic N) is 2. The number of ether oxygens (including phenoxy) is 1. The van der Waals surface area contributed by atoms with E-state index < -0.39 is 0 Å². The van der Waals surface area contributed by atoms with Crippen LogP contribution in [0.15, 0.2) is 18.3 Å². The van der Waals surface area contributed by atoms with Crippen LogP contribution in [0.5, 0.6) is 0 Å². The molecule has 0 aliphatic heterocycles. The Bertz CT molecular complexity index is 586. The number of nitrogens with two attached hydrogens (primary N) is 1. The van der Waals surface area contributed by atoms with Crippen LogP contribution in [0.25, 0.3) is 10.6 Å². The maximum absolute atomic E-state index is 11.0. The Hall–Kier alpha value is -1.99. The van der Waals surface area contributed by atoms with Gasteiger partial charge in [0, 0.05) is 32.0 Å². The van der Waals surface area contributed by atoms with Crippen LogP contribution in [-0.4, -0.2) is 36.5 Å². The molecular weight excluding hydrogens is 276 g/mol. The number of pyridine rings is 1. The summed E-state index contributed by atoms with van der Waals surface area (Å²) in [4.78, 5) is 20.2. The van der Waals surface area contributed by atoms with E-state index in [2.05, 4.69) is 15.3 Å². The van der Waals surface area contributed by atoms with Crippen LogP contribution in [-0.2, 0) is 4.74 Å².